The minimum atomic E-state index is -0.421. The molecule has 2 amide bonds. The number of anilines is 1. The number of benzene rings is 4. The summed E-state index contributed by atoms with van der Waals surface area (Å²) in [5.74, 6) is -0.0826. The topological polar surface area (TPSA) is 58.6 Å². The number of hydrogen-bond donors (Lipinski definition) is 1. The molecule has 0 atom stereocenters. The fourth-order valence-corrected chi connectivity index (χ4v) is 3.72. The molecular formula is C27H20N2O3. The van der Waals surface area contributed by atoms with Crippen molar-refractivity contribution in [1.82, 2.24) is 5.43 Å². The second kappa shape index (κ2) is 8.40. The average molecular weight is 420 g/mol. The van der Waals surface area contributed by atoms with Gasteiger partial charge in [-0.2, -0.15) is 0 Å². The molecular weight excluding hydrogens is 400 g/mol. The van der Waals surface area contributed by atoms with Crippen LogP contribution in [0.4, 0.5) is 5.69 Å². The number of nitrogens with one attached hydrogen (secondary N) is 1. The molecule has 1 saturated heterocycles. The standard InChI is InChI=1S/C27H20N2O3/c30-26-25(27(31)29(28-26)22-10-2-1-3-11-22)17-19-13-15-23(16-14-19)32-18-21-9-6-8-20-7-4-5-12-24(20)21/h1-17H,18H2,(H,28,30)/b25-17+. The number of hydrogen-bond acceptors (Lipinski definition) is 3. The predicted octanol–water partition coefficient (Wildman–Crippen LogP) is 4.88. The van der Waals surface area contributed by atoms with E-state index in [-0.39, 0.29) is 11.5 Å². The minimum Gasteiger partial charge on any atom is -0.489 e. The highest BCUT2D eigenvalue weighted by Gasteiger charge is 2.34. The van der Waals surface area contributed by atoms with Crippen LogP contribution in [0.25, 0.3) is 16.8 Å². The van der Waals surface area contributed by atoms with Gasteiger partial charge in [0.05, 0.1) is 5.69 Å². The molecule has 5 heteroatoms. The van der Waals surface area contributed by atoms with E-state index in [1.807, 2.05) is 60.7 Å². The van der Waals surface area contributed by atoms with Crippen LogP contribution < -0.4 is 15.2 Å². The molecule has 0 spiro atoms. The Kier molecular flexibility index (Phi) is 5.14. The van der Waals surface area contributed by atoms with Crippen molar-refractivity contribution in [3.05, 3.63) is 114 Å². The van der Waals surface area contributed by atoms with Gasteiger partial charge in [0.15, 0.2) is 0 Å². The Morgan fingerprint density at radius 1 is 0.781 bits per heavy atom. The average Bonchev–Trinajstić information content (AvgIpc) is 3.12. The summed E-state index contributed by atoms with van der Waals surface area (Å²) in [5, 5.41) is 3.61. The van der Waals surface area contributed by atoms with Gasteiger partial charge in [-0.3, -0.25) is 15.0 Å². The maximum absolute atomic E-state index is 12.7. The minimum absolute atomic E-state index is 0.0956. The van der Waals surface area contributed by atoms with Gasteiger partial charge in [0, 0.05) is 0 Å². The summed E-state index contributed by atoms with van der Waals surface area (Å²) < 4.78 is 5.97. The monoisotopic (exact) mass is 420 g/mol. The summed E-state index contributed by atoms with van der Waals surface area (Å²) in [5.41, 5.74) is 5.18. The van der Waals surface area contributed by atoms with Crippen molar-refractivity contribution in [2.24, 2.45) is 0 Å². The third-order valence-electron chi connectivity index (χ3n) is 5.37. The highest BCUT2D eigenvalue weighted by molar-refractivity contribution is 6.31. The van der Waals surface area contributed by atoms with Gasteiger partial charge in [0.1, 0.15) is 17.9 Å². The Bertz CT molecular complexity index is 1320. The first-order valence-electron chi connectivity index (χ1n) is 10.3. The lowest BCUT2D eigenvalue weighted by Gasteiger charge is -2.13. The molecule has 4 aromatic carbocycles. The van der Waals surface area contributed by atoms with Gasteiger partial charge < -0.3 is 4.74 Å². The van der Waals surface area contributed by atoms with Crippen LogP contribution in [0, 0.1) is 0 Å². The molecule has 4 aromatic rings. The van der Waals surface area contributed by atoms with Gasteiger partial charge in [-0.15, -0.1) is 0 Å². The normalized spacial score (nSPS) is 14.8. The fraction of sp³-hybridized carbons (Fsp3) is 0.0370. The third kappa shape index (κ3) is 3.84. The number of amides is 2. The first-order valence-corrected chi connectivity index (χ1v) is 10.3. The van der Waals surface area contributed by atoms with Gasteiger partial charge in [0.2, 0.25) is 0 Å². The molecule has 0 aliphatic carbocycles. The van der Waals surface area contributed by atoms with E-state index in [1.54, 1.807) is 18.2 Å². The van der Waals surface area contributed by atoms with Crippen LogP contribution in [-0.4, -0.2) is 11.8 Å². The van der Waals surface area contributed by atoms with Gasteiger partial charge in [0.25, 0.3) is 11.8 Å². The SMILES string of the molecule is O=C1NN(c2ccccc2)C(=O)/C1=C/c1ccc(OCc2cccc3ccccc23)cc1. The van der Waals surface area contributed by atoms with Crippen molar-refractivity contribution in [2.45, 2.75) is 6.61 Å². The quantitative estimate of drug-likeness (QED) is 0.370. The van der Waals surface area contributed by atoms with E-state index < -0.39 is 5.91 Å². The highest BCUT2D eigenvalue weighted by Crippen LogP contribution is 2.23. The molecule has 1 heterocycles. The molecule has 5 nitrogen and oxygen atoms in total. The lowest BCUT2D eigenvalue weighted by molar-refractivity contribution is -0.117. The van der Waals surface area contributed by atoms with E-state index in [4.69, 9.17) is 4.74 Å². The zero-order valence-electron chi connectivity index (χ0n) is 17.2. The highest BCUT2D eigenvalue weighted by atomic mass is 16.5. The Morgan fingerprint density at radius 2 is 1.50 bits per heavy atom. The lowest BCUT2D eigenvalue weighted by Crippen LogP contribution is -2.35. The molecule has 0 unspecified atom stereocenters. The lowest BCUT2D eigenvalue weighted by atomic mass is 10.1. The van der Waals surface area contributed by atoms with Crippen molar-refractivity contribution in [2.75, 3.05) is 5.01 Å². The number of ether oxygens (including phenoxy) is 1. The second-order valence-corrected chi connectivity index (χ2v) is 7.47. The molecule has 0 aromatic heterocycles. The second-order valence-electron chi connectivity index (χ2n) is 7.47. The Labute approximate surface area is 185 Å². The maximum atomic E-state index is 12.7. The van der Waals surface area contributed by atoms with Gasteiger partial charge >= 0.3 is 0 Å². The van der Waals surface area contributed by atoms with Crippen molar-refractivity contribution in [3.8, 4) is 5.75 Å². The van der Waals surface area contributed by atoms with E-state index in [9.17, 15) is 9.59 Å². The first kappa shape index (κ1) is 19.6. The Balaban J connectivity index is 1.30. The number of para-hydroxylation sites is 1. The van der Waals surface area contributed by atoms with Crippen molar-refractivity contribution in [1.29, 1.82) is 0 Å². The van der Waals surface area contributed by atoms with E-state index in [2.05, 4.69) is 29.7 Å². The molecule has 32 heavy (non-hydrogen) atoms. The molecule has 0 bridgehead atoms. The number of carbonyl (C=O) groups is 2. The van der Waals surface area contributed by atoms with Crippen molar-refractivity contribution in [3.63, 3.8) is 0 Å². The van der Waals surface area contributed by atoms with Crippen LogP contribution in [0.5, 0.6) is 5.75 Å². The number of fused-ring (bicyclic) bond motifs is 1. The maximum Gasteiger partial charge on any atom is 0.282 e. The Hall–Kier alpha value is -4.38. The predicted molar refractivity (Wildman–Crippen MR) is 125 cm³/mol. The summed E-state index contributed by atoms with van der Waals surface area (Å²) in [6.45, 7) is 0.453. The molecule has 0 radical (unpaired) electrons. The largest absolute Gasteiger partial charge is 0.489 e. The summed E-state index contributed by atoms with van der Waals surface area (Å²) in [4.78, 5) is 25.0. The molecule has 1 fully saturated rings. The van der Waals surface area contributed by atoms with E-state index in [0.29, 0.717) is 18.0 Å². The van der Waals surface area contributed by atoms with Crippen LogP contribution in [-0.2, 0) is 16.2 Å². The molecule has 0 saturated carbocycles. The van der Waals surface area contributed by atoms with Crippen molar-refractivity contribution >= 4 is 34.4 Å². The summed E-state index contributed by atoms with van der Waals surface area (Å²) in [6.07, 6.45) is 1.59. The van der Waals surface area contributed by atoms with Gasteiger partial charge in [-0.25, -0.2) is 5.01 Å². The van der Waals surface area contributed by atoms with Crippen molar-refractivity contribution < 1.29 is 14.3 Å². The summed E-state index contributed by atoms with van der Waals surface area (Å²) in [7, 11) is 0. The number of carbonyl (C=O) groups excluding carboxylic acids is 2. The smallest absolute Gasteiger partial charge is 0.282 e. The fourth-order valence-electron chi connectivity index (χ4n) is 3.72. The summed E-state index contributed by atoms with van der Waals surface area (Å²) in [6, 6.07) is 30.7. The van der Waals surface area contributed by atoms with Crippen LogP contribution in [0.1, 0.15) is 11.1 Å². The summed E-state index contributed by atoms with van der Waals surface area (Å²) >= 11 is 0. The van der Waals surface area contributed by atoms with Gasteiger partial charge in [-0.05, 0) is 52.2 Å². The number of hydrazine groups is 1. The van der Waals surface area contributed by atoms with Gasteiger partial charge in [-0.1, -0.05) is 72.8 Å². The number of rotatable bonds is 5. The first-order chi connectivity index (χ1) is 15.7. The van der Waals surface area contributed by atoms with Crippen LogP contribution >= 0.6 is 0 Å². The van der Waals surface area contributed by atoms with E-state index in [0.717, 1.165) is 11.1 Å². The molecule has 156 valence electrons. The van der Waals surface area contributed by atoms with E-state index >= 15 is 0 Å². The molecule has 5 rings (SSSR count). The Morgan fingerprint density at radius 3 is 2.31 bits per heavy atom. The third-order valence-corrected chi connectivity index (χ3v) is 5.37. The van der Waals surface area contributed by atoms with Crippen LogP contribution in [0.2, 0.25) is 0 Å². The van der Waals surface area contributed by atoms with Crippen LogP contribution in [0.15, 0.2) is 103 Å². The molecule has 1 N–H and O–H groups in total. The molecule has 1 aliphatic rings. The molecule has 1 aliphatic heterocycles. The zero-order valence-corrected chi connectivity index (χ0v) is 17.2. The number of nitrogens with zero attached hydrogens (tertiary/aromatic N) is 1. The zero-order chi connectivity index (χ0) is 21.9. The van der Waals surface area contributed by atoms with Crippen LogP contribution in [0.3, 0.4) is 0 Å². The van der Waals surface area contributed by atoms with E-state index in [1.165, 1.54) is 15.8 Å².